The van der Waals surface area contributed by atoms with Crippen LogP contribution in [0.5, 0.6) is 0 Å². The largest absolute Gasteiger partial charge is 0.397 e. The van der Waals surface area contributed by atoms with Crippen molar-refractivity contribution in [3.05, 3.63) is 18.3 Å². The number of aromatic nitrogens is 1. The maximum absolute atomic E-state index is 9.77. The average Bonchev–Trinajstić information content (AvgIpc) is 2.30. The van der Waals surface area contributed by atoms with E-state index in [1.54, 1.807) is 6.20 Å². The quantitative estimate of drug-likeness (QED) is 0.792. The third kappa shape index (κ3) is 2.27. The highest BCUT2D eigenvalue weighted by molar-refractivity contribution is 5.47. The predicted molar refractivity (Wildman–Crippen MR) is 65.3 cm³/mol. The Morgan fingerprint density at radius 2 is 2.31 bits per heavy atom. The molecule has 1 aromatic heterocycles. The second-order valence-corrected chi connectivity index (χ2v) is 4.45. The molecule has 1 saturated heterocycles. The fourth-order valence-electron chi connectivity index (χ4n) is 2.31. The van der Waals surface area contributed by atoms with Gasteiger partial charge in [-0.05, 0) is 38.3 Å². The number of rotatable bonds is 2. The van der Waals surface area contributed by atoms with Gasteiger partial charge in [-0.2, -0.15) is 0 Å². The summed E-state index contributed by atoms with van der Waals surface area (Å²) in [5, 5.41) is 9.77. The van der Waals surface area contributed by atoms with Crippen molar-refractivity contribution in [2.24, 2.45) is 0 Å². The summed E-state index contributed by atoms with van der Waals surface area (Å²) in [6.45, 7) is 2.81. The second kappa shape index (κ2) is 4.70. The Morgan fingerprint density at radius 1 is 1.50 bits per heavy atom. The molecule has 0 spiro atoms. The van der Waals surface area contributed by atoms with Gasteiger partial charge in [0, 0.05) is 6.54 Å². The first-order valence-corrected chi connectivity index (χ1v) is 5.85. The zero-order chi connectivity index (χ0) is 11.5. The lowest BCUT2D eigenvalue weighted by Gasteiger charge is -2.38. The van der Waals surface area contributed by atoms with Gasteiger partial charge in [0.1, 0.15) is 5.82 Å². The van der Waals surface area contributed by atoms with Crippen LogP contribution in [0.4, 0.5) is 11.5 Å². The summed E-state index contributed by atoms with van der Waals surface area (Å²) in [4.78, 5) is 6.51. The van der Waals surface area contributed by atoms with E-state index in [-0.39, 0.29) is 12.1 Å². The van der Waals surface area contributed by atoms with E-state index in [2.05, 4.69) is 9.88 Å². The molecule has 0 amide bonds. The first-order chi connectivity index (χ1) is 7.68. The Kier molecular flexibility index (Phi) is 3.29. The van der Waals surface area contributed by atoms with Gasteiger partial charge in [0.05, 0.1) is 24.0 Å². The van der Waals surface area contributed by atoms with E-state index in [4.69, 9.17) is 5.73 Å². The normalized spacial score (nSPS) is 23.1. The van der Waals surface area contributed by atoms with Crippen LogP contribution >= 0.6 is 0 Å². The molecular weight excluding hydrogens is 202 g/mol. The number of anilines is 2. The van der Waals surface area contributed by atoms with Crippen LogP contribution in [-0.2, 0) is 0 Å². The molecule has 1 aliphatic heterocycles. The molecule has 0 aliphatic carbocycles. The Labute approximate surface area is 96.1 Å². The van der Waals surface area contributed by atoms with Crippen molar-refractivity contribution < 1.29 is 5.11 Å². The van der Waals surface area contributed by atoms with E-state index in [0.717, 1.165) is 25.2 Å². The smallest absolute Gasteiger partial charge is 0.128 e. The van der Waals surface area contributed by atoms with Crippen LogP contribution in [0.2, 0.25) is 0 Å². The maximum Gasteiger partial charge on any atom is 0.128 e. The van der Waals surface area contributed by atoms with Gasteiger partial charge < -0.3 is 15.7 Å². The van der Waals surface area contributed by atoms with Gasteiger partial charge in [-0.1, -0.05) is 0 Å². The Bertz CT molecular complexity index is 337. The number of nitrogens with two attached hydrogens (primary N) is 1. The minimum atomic E-state index is -0.320. The standard InChI is InChI=1S/C12H19N3O/c1-9(16)11-4-2-3-7-15(11)12-6-5-10(13)8-14-12/h5-6,8-9,11,16H,2-4,7,13H2,1H3/t9-,11+/m1/s1. The molecule has 16 heavy (non-hydrogen) atoms. The van der Waals surface area contributed by atoms with E-state index in [1.165, 1.54) is 6.42 Å². The molecule has 4 nitrogen and oxygen atoms in total. The molecule has 0 unspecified atom stereocenters. The number of pyridine rings is 1. The molecule has 1 aliphatic rings. The van der Waals surface area contributed by atoms with Gasteiger partial charge in [-0.25, -0.2) is 4.98 Å². The Morgan fingerprint density at radius 3 is 2.94 bits per heavy atom. The summed E-state index contributed by atoms with van der Waals surface area (Å²) in [5.74, 6) is 0.916. The SMILES string of the molecule is C[C@@H](O)[C@@H]1CCCCN1c1ccc(N)cn1. The third-order valence-corrected chi connectivity index (χ3v) is 3.17. The van der Waals surface area contributed by atoms with Crippen molar-refractivity contribution in [3.8, 4) is 0 Å². The van der Waals surface area contributed by atoms with Gasteiger partial charge in [0.25, 0.3) is 0 Å². The molecule has 2 rings (SSSR count). The highest BCUT2D eigenvalue weighted by Crippen LogP contribution is 2.25. The van der Waals surface area contributed by atoms with Gasteiger partial charge in [0.15, 0.2) is 0 Å². The van der Waals surface area contributed by atoms with Crippen molar-refractivity contribution in [2.45, 2.75) is 38.3 Å². The molecule has 0 bridgehead atoms. The second-order valence-electron chi connectivity index (χ2n) is 4.45. The lowest BCUT2D eigenvalue weighted by molar-refractivity contribution is 0.145. The molecule has 2 atom stereocenters. The van der Waals surface area contributed by atoms with Gasteiger partial charge >= 0.3 is 0 Å². The first kappa shape index (κ1) is 11.2. The number of nitrogens with zero attached hydrogens (tertiary/aromatic N) is 2. The molecule has 1 aromatic rings. The number of hydrogen-bond donors (Lipinski definition) is 2. The highest BCUT2D eigenvalue weighted by atomic mass is 16.3. The van der Waals surface area contributed by atoms with Crippen LogP contribution in [0.1, 0.15) is 26.2 Å². The molecule has 1 fully saturated rings. The minimum absolute atomic E-state index is 0.185. The summed E-state index contributed by atoms with van der Waals surface area (Å²) in [6.07, 6.45) is 4.72. The number of piperidine rings is 1. The van der Waals surface area contributed by atoms with Gasteiger partial charge in [-0.3, -0.25) is 0 Å². The fourth-order valence-corrected chi connectivity index (χ4v) is 2.31. The van der Waals surface area contributed by atoms with E-state index >= 15 is 0 Å². The highest BCUT2D eigenvalue weighted by Gasteiger charge is 2.26. The van der Waals surface area contributed by atoms with Crippen LogP contribution in [0, 0.1) is 0 Å². The van der Waals surface area contributed by atoms with Crippen LogP contribution < -0.4 is 10.6 Å². The molecular formula is C12H19N3O. The zero-order valence-corrected chi connectivity index (χ0v) is 9.63. The Balaban J connectivity index is 2.19. The van der Waals surface area contributed by atoms with Gasteiger partial charge in [-0.15, -0.1) is 0 Å². The minimum Gasteiger partial charge on any atom is -0.397 e. The van der Waals surface area contributed by atoms with Crippen LogP contribution in [0.15, 0.2) is 18.3 Å². The number of aliphatic hydroxyl groups excluding tert-OH is 1. The van der Waals surface area contributed by atoms with Gasteiger partial charge in [0.2, 0.25) is 0 Å². The topological polar surface area (TPSA) is 62.4 Å². The molecule has 0 saturated carbocycles. The number of aliphatic hydroxyl groups is 1. The van der Waals surface area contributed by atoms with E-state index < -0.39 is 0 Å². The molecule has 0 radical (unpaired) electrons. The average molecular weight is 221 g/mol. The van der Waals surface area contributed by atoms with Crippen LogP contribution in [-0.4, -0.2) is 28.8 Å². The molecule has 3 N–H and O–H groups in total. The zero-order valence-electron chi connectivity index (χ0n) is 9.63. The number of hydrogen-bond acceptors (Lipinski definition) is 4. The Hall–Kier alpha value is -1.29. The fraction of sp³-hybridized carbons (Fsp3) is 0.583. The maximum atomic E-state index is 9.77. The van der Waals surface area contributed by atoms with Crippen molar-refractivity contribution in [3.63, 3.8) is 0 Å². The molecule has 2 heterocycles. The predicted octanol–water partition coefficient (Wildman–Crippen LogP) is 1.40. The number of nitrogen functional groups attached to an aromatic ring is 1. The third-order valence-electron chi connectivity index (χ3n) is 3.17. The lowest BCUT2D eigenvalue weighted by atomic mass is 9.98. The summed E-state index contributed by atoms with van der Waals surface area (Å²) in [5.41, 5.74) is 6.30. The van der Waals surface area contributed by atoms with Crippen molar-refractivity contribution in [1.82, 2.24) is 4.98 Å². The summed E-state index contributed by atoms with van der Waals surface area (Å²) >= 11 is 0. The summed E-state index contributed by atoms with van der Waals surface area (Å²) in [6, 6.07) is 3.97. The van der Waals surface area contributed by atoms with Crippen molar-refractivity contribution in [2.75, 3.05) is 17.2 Å². The van der Waals surface area contributed by atoms with E-state index in [9.17, 15) is 5.11 Å². The van der Waals surface area contributed by atoms with Crippen LogP contribution in [0.25, 0.3) is 0 Å². The van der Waals surface area contributed by atoms with Crippen LogP contribution in [0.3, 0.4) is 0 Å². The molecule has 4 heteroatoms. The van der Waals surface area contributed by atoms with E-state index in [1.807, 2.05) is 19.1 Å². The van der Waals surface area contributed by atoms with E-state index in [0.29, 0.717) is 5.69 Å². The first-order valence-electron chi connectivity index (χ1n) is 5.85. The van der Waals surface area contributed by atoms with Crippen molar-refractivity contribution >= 4 is 11.5 Å². The lowest BCUT2D eigenvalue weighted by Crippen LogP contribution is -2.46. The summed E-state index contributed by atoms with van der Waals surface area (Å²) < 4.78 is 0. The monoisotopic (exact) mass is 221 g/mol. The molecule has 88 valence electrons. The molecule has 0 aromatic carbocycles. The van der Waals surface area contributed by atoms with Crippen molar-refractivity contribution in [1.29, 1.82) is 0 Å². The summed E-state index contributed by atoms with van der Waals surface area (Å²) in [7, 11) is 0.